The monoisotopic (exact) mass is 213 g/mol. The van der Waals surface area contributed by atoms with Gasteiger partial charge in [0.15, 0.2) is 5.96 Å². The first kappa shape index (κ1) is 12.8. The van der Waals surface area contributed by atoms with Crippen LogP contribution in [0.15, 0.2) is 35.3 Å². The minimum absolute atomic E-state index is 0. The summed E-state index contributed by atoms with van der Waals surface area (Å²) in [6.45, 7) is 2.74. The van der Waals surface area contributed by atoms with Crippen LogP contribution < -0.4 is 11.5 Å². The first-order chi connectivity index (χ1) is 6.20. The minimum Gasteiger partial charge on any atom is -0.370 e. The third-order valence-corrected chi connectivity index (χ3v) is 1.92. The fourth-order valence-corrected chi connectivity index (χ4v) is 1.13. The number of benzene rings is 1. The van der Waals surface area contributed by atoms with Gasteiger partial charge in [-0.1, -0.05) is 37.3 Å². The summed E-state index contributed by atoms with van der Waals surface area (Å²) in [4.78, 5) is 3.97. The van der Waals surface area contributed by atoms with Crippen LogP contribution in [0.2, 0.25) is 0 Å². The number of hydrogen-bond acceptors (Lipinski definition) is 1. The Bertz CT molecular complexity index is 281. The molecule has 0 heterocycles. The van der Waals surface area contributed by atoms with E-state index in [-0.39, 0.29) is 18.4 Å². The predicted octanol–water partition coefficient (Wildman–Crippen LogP) is 1.49. The summed E-state index contributed by atoms with van der Waals surface area (Å²) < 4.78 is 0. The molecular formula is C10H16ClN3. The molecule has 78 valence electrons. The lowest BCUT2D eigenvalue weighted by Crippen LogP contribution is -2.23. The zero-order valence-electron chi connectivity index (χ0n) is 8.18. The van der Waals surface area contributed by atoms with Gasteiger partial charge in [-0.15, -0.1) is 12.4 Å². The van der Waals surface area contributed by atoms with E-state index >= 15 is 0 Å². The number of nitrogens with zero attached hydrogens (tertiary/aromatic N) is 1. The first-order valence-corrected chi connectivity index (χ1v) is 4.30. The zero-order chi connectivity index (χ0) is 9.68. The van der Waals surface area contributed by atoms with E-state index in [1.54, 1.807) is 0 Å². The van der Waals surface area contributed by atoms with Gasteiger partial charge in [0.05, 0.1) is 0 Å². The highest BCUT2D eigenvalue weighted by Gasteiger charge is 2.02. The second kappa shape index (κ2) is 6.27. The molecule has 0 aromatic heterocycles. The van der Waals surface area contributed by atoms with Crippen LogP contribution >= 0.6 is 12.4 Å². The molecule has 1 unspecified atom stereocenters. The molecule has 0 spiro atoms. The van der Waals surface area contributed by atoms with Crippen LogP contribution in [0.5, 0.6) is 0 Å². The van der Waals surface area contributed by atoms with Crippen LogP contribution in [-0.2, 0) is 0 Å². The van der Waals surface area contributed by atoms with E-state index in [0.29, 0.717) is 12.5 Å². The smallest absolute Gasteiger partial charge is 0.185 e. The van der Waals surface area contributed by atoms with Crippen LogP contribution in [0.3, 0.4) is 0 Å². The van der Waals surface area contributed by atoms with Crippen LogP contribution in [0.1, 0.15) is 18.4 Å². The maximum atomic E-state index is 5.25. The van der Waals surface area contributed by atoms with Crippen LogP contribution in [0, 0.1) is 0 Å². The molecule has 1 rings (SSSR count). The van der Waals surface area contributed by atoms with Crippen molar-refractivity contribution < 1.29 is 0 Å². The van der Waals surface area contributed by atoms with Crippen molar-refractivity contribution in [1.82, 2.24) is 0 Å². The molecule has 0 aliphatic carbocycles. The van der Waals surface area contributed by atoms with Gasteiger partial charge in [0, 0.05) is 12.5 Å². The van der Waals surface area contributed by atoms with Gasteiger partial charge < -0.3 is 11.5 Å². The van der Waals surface area contributed by atoms with Gasteiger partial charge in [-0.05, 0) is 5.56 Å². The summed E-state index contributed by atoms with van der Waals surface area (Å²) in [5.41, 5.74) is 11.8. The number of rotatable bonds is 3. The molecule has 0 bridgehead atoms. The highest BCUT2D eigenvalue weighted by atomic mass is 35.5. The third kappa shape index (κ3) is 4.14. The standard InChI is InChI=1S/C10H15N3.ClH/c1-8(7-13-10(11)12)9-5-3-2-4-6-9;/h2-6,8H,7H2,1H3,(H4,11,12,13);1H. The maximum Gasteiger partial charge on any atom is 0.185 e. The number of aliphatic imine (C=N–C) groups is 1. The average Bonchev–Trinajstić information content (AvgIpc) is 2.15. The molecule has 1 aromatic rings. The Morgan fingerprint density at radius 1 is 1.29 bits per heavy atom. The van der Waals surface area contributed by atoms with Crippen molar-refractivity contribution in [2.45, 2.75) is 12.8 Å². The molecule has 0 fully saturated rings. The molecule has 0 amide bonds. The normalized spacial score (nSPS) is 11.2. The largest absolute Gasteiger partial charge is 0.370 e. The zero-order valence-corrected chi connectivity index (χ0v) is 9.00. The molecule has 3 nitrogen and oxygen atoms in total. The summed E-state index contributed by atoms with van der Waals surface area (Å²) in [5, 5.41) is 0. The molecule has 0 saturated heterocycles. The summed E-state index contributed by atoms with van der Waals surface area (Å²) in [6, 6.07) is 10.2. The molecular weight excluding hydrogens is 198 g/mol. The third-order valence-electron chi connectivity index (χ3n) is 1.92. The van der Waals surface area contributed by atoms with E-state index < -0.39 is 0 Å². The number of guanidine groups is 1. The fraction of sp³-hybridized carbons (Fsp3) is 0.300. The maximum absolute atomic E-state index is 5.25. The Balaban J connectivity index is 0.00000169. The Morgan fingerprint density at radius 2 is 1.86 bits per heavy atom. The van der Waals surface area contributed by atoms with E-state index in [4.69, 9.17) is 11.5 Å². The van der Waals surface area contributed by atoms with Gasteiger partial charge in [0.1, 0.15) is 0 Å². The number of nitrogens with two attached hydrogens (primary N) is 2. The second-order valence-electron chi connectivity index (χ2n) is 3.08. The van der Waals surface area contributed by atoms with E-state index in [2.05, 4.69) is 24.0 Å². The first-order valence-electron chi connectivity index (χ1n) is 4.30. The Morgan fingerprint density at radius 3 is 2.36 bits per heavy atom. The molecule has 1 aromatic carbocycles. The number of halogens is 1. The Hall–Kier alpha value is -1.22. The summed E-state index contributed by atoms with van der Waals surface area (Å²) in [5.74, 6) is 0.520. The molecule has 0 saturated carbocycles. The summed E-state index contributed by atoms with van der Waals surface area (Å²) in [6.07, 6.45) is 0. The highest BCUT2D eigenvalue weighted by molar-refractivity contribution is 5.85. The van der Waals surface area contributed by atoms with Crippen molar-refractivity contribution >= 4 is 18.4 Å². The molecule has 14 heavy (non-hydrogen) atoms. The lowest BCUT2D eigenvalue weighted by atomic mass is 10.0. The Labute approximate surface area is 90.6 Å². The van der Waals surface area contributed by atoms with Gasteiger partial charge in [-0.25, -0.2) is 0 Å². The van der Waals surface area contributed by atoms with Gasteiger partial charge in [-0.2, -0.15) is 0 Å². The van der Waals surface area contributed by atoms with Crippen LogP contribution in [0.25, 0.3) is 0 Å². The fourth-order valence-electron chi connectivity index (χ4n) is 1.13. The van der Waals surface area contributed by atoms with Crippen LogP contribution in [-0.4, -0.2) is 12.5 Å². The van der Waals surface area contributed by atoms with Gasteiger partial charge in [-0.3, -0.25) is 4.99 Å². The summed E-state index contributed by atoms with van der Waals surface area (Å²) in [7, 11) is 0. The minimum atomic E-state index is 0. The van der Waals surface area contributed by atoms with E-state index in [1.807, 2.05) is 18.2 Å². The highest BCUT2D eigenvalue weighted by Crippen LogP contribution is 2.13. The van der Waals surface area contributed by atoms with E-state index in [9.17, 15) is 0 Å². The topological polar surface area (TPSA) is 64.4 Å². The van der Waals surface area contributed by atoms with Gasteiger partial charge in [0.2, 0.25) is 0 Å². The number of hydrogen-bond donors (Lipinski definition) is 2. The lowest BCUT2D eigenvalue weighted by Gasteiger charge is -2.07. The van der Waals surface area contributed by atoms with E-state index in [0.717, 1.165) is 0 Å². The van der Waals surface area contributed by atoms with E-state index in [1.165, 1.54) is 5.56 Å². The molecule has 0 radical (unpaired) electrons. The Kier molecular flexibility index (Phi) is 5.72. The van der Waals surface area contributed by atoms with Gasteiger partial charge >= 0.3 is 0 Å². The molecule has 4 heteroatoms. The lowest BCUT2D eigenvalue weighted by molar-refractivity contribution is 0.773. The molecule has 4 N–H and O–H groups in total. The van der Waals surface area contributed by atoms with Crippen LogP contribution in [0.4, 0.5) is 0 Å². The molecule has 0 aliphatic heterocycles. The van der Waals surface area contributed by atoms with Crippen molar-refractivity contribution in [3.8, 4) is 0 Å². The van der Waals surface area contributed by atoms with Crippen molar-refractivity contribution in [2.75, 3.05) is 6.54 Å². The molecule has 0 aliphatic rings. The predicted molar refractivity (Wildman–Crippen MR) is 62.8 cm³/mol. The van der Waals surface area contributed by atoms with Crippen molar-refractivity contribution in [3.05, 3.63) is 35.9 Å². The quantitative estimate of drug-likeness (QED) is 0.590. The second-order valence-corrected chi connectivity index (χ2v) is 3.08. The van der Waals surface area contributed by atoms with Crippen molar-refractivity contribution in [2.24, 2.45) is 16.5 Å². The van der Waals surface area contributed by atoms with Gasteiger partial charge in [0.25, 0.3) is 0 Å². The van der Waals surface area contributed by atoms with Crippen molar-refractivity contribution in [3.63, 3.8) is 0 Å². The average molecular weight is 214 g/mol. The summed E-state index contributed by atoms with van der Waals surface area (Å²) >= 11 is 0. The molecule has 1 atom stereocenters. The SMILES string of the molecule is CC(CN=C(N)N)c1ccccc1.Cl. The van der Waals surface area contributed by atoms with Crippen molar-refractivity contribution in [1.29, 1.82) is 0 Å².